The third-order valence-corrected chi connectivity index (χ3v) is 6.00. The highest BCUT2D eigenvalue weighted by Crippen LogP contribution is 2.35. The van der Waals surface area contributed by atoms with Crippen LogP contribution in [0.4, 0.5) is 0 Å². The molecule has 6 heteroatoms. The molecule has 0 spiro atoms. The fourth-order valence-electron chi connectivity index (χ4n) is 4.27. The summed E-state index contributed by atoms with van der Waals surface area (Å²) >= 11 is 0. The van der Waals surface area contributed by atoms with E-state index in [2.05, 4.69) is 53.3 Å². The Labute approximate surface area is 187 Å². The van der Waals surface area contributed by atoms with Crippen molar-refractivity contribution in [1.82, 2.24) is 10.2 Å². The first kappa shape index (κ1) is 23.3. The van der Waals surface area contributed by atoms with Gasteiger partial charge in [0.1, 0.15) is 5.75 Å². The molecule has 0 radical (unpaired) electrons. The second-order valence-electron chi connectivity index (χ2n) is 8.59. The highest BCUT2D eigenvalue weighted by molar-refractivity contribution is 14.0. The molecule has 1 N–H and O–H groups in total. The second kappa shape index (κ2) is 10.1. The van der Waals surface area contributed by atoms with E-state index in [9.17, 15) is 0 Å². The second-order valence-corrected chi connectivity index (χ2v) is 8.59. The van der Waals surface area contributed by atoms with Gasteiger partial charge in [-0.2, -0.15) is 0 Å². The van der Waals surface area contributed by atoms with Crippen molar-refractivity contribution in [2.45, 2.75) is 45.4 Å². The zero-order chi connectivity index (χ0) is 19.3. The predicted molar refractivity (Wildman–Crippen MR) is 126 cm³/mol. The minimum Gasteiger partial charge on any atom is -0.494 e. The van der Waals surface area contributed by atoms with Gasteiger partial charge in [0.2, 0.25) is 0 Å². The Kier molecular flexibility index (Phi) is 8.43. The van der Waals surface area contributed by atoms with Gasteiger partial charge in [0, 0.05) is 45.3 Å². The lowest BCUT2D eigenvalue weighted by Gasteiger charge is -2.39. The van der Waals surface area contributed by atoms with Crippen molar-refractivity contribution >= 4 is 29.9 Å². The molecule has 28 heavy (non-hydrogen) atoms. The van der Waals surface area contributed by atoms with E-state index in [0.29, 0.717) is 12.0 Å². The Morgan fingerprint density at radius 1 is 1.18 bits per heavy atom. The summed E-state index contributed by atoms with van der Waals surface area (Å²) in [6.45, 7) is 12.0. The number of likely N-dealkylation sites (tertiary alicyclic amines) is 1. The first-order valence-electron chi connectivity index (χ1n) is 10.2. The molecule has 158 valence electrons. The van der Waals surface area contributed by atoms with Gasteiger partial charge in [-0.3, -0.25) is 4.99 Å². The van der Waals surface area contributed by atoms with Gasteiger partial charge in [-0.05, 0) is 49.3 Å². The summed E-state index contributed by atoms with van der Waals surface area (Å²) in [4.78, 5) is 6.96. The average Bonchev–Trinajstić information content (AvgIpc) is 3.03. The summed E-state index contributed by atoms with van der Waals surface area (Å²) in [7, 11) is 1.89. The first-order chi connectivity index (χ1) is 13.0. The number of halogens is 1. The Hall–Kier alpha value is -1.02. The number of guanidine groups is 1. The smallest absolute Gasteiger partial charge is 0.193 e. The molecule has 0 atom stereocenters. The van der Waals surface area contributed by atoms with Crippen LogP contribution in [-0.4, -0.2) is 57.4 Å². The van der Waals surface area contributed by atoms with Gasteiger partial charge in [-0.15, -0.1) is 24.0 Å². The summed E-state index contributed by atoms with van der Waals surface area (Å²) < 4.78 is 11.3. The largest absolute Gasteiger partial charge is 0.494 e. The minimum atomic E-state index is 0. The maximum absolute atomic E-state index is 5.68. The third-order valence-electron chi connectivity index (χ3n) is 6.00. The normalized spacial score (nSPS) is 21.1. The summed E-state index contributed by atoms with van der Waals surface area (Å²) in [6, 6.07) is 8.63. The zero-order valence-electron chi connectivity index (χ0n) is 17.8. The molecule has 2 fully saturated rings. The number of rotatable bonds is 5. The molecule has 3 rings (SSSR count). The predicted octanol–water partition coefficient (Wildman–Crippen LogP) is 4.06. The van der Waals surface area contributed by atoms with Crippen LogP contribution in [0.3, 0.4) is 0 Å². The molecule has 0 aliphatic carbocycles. The summed E-state index contributed by atoms with van der Waals surface area (Å²) in [5, 5.41) is 3.69. The maximum Gasteiger partial charge on any atom is 0.193 e. The van der Waals surface area contributed by atoms with Gasteiger partial charge in [-0.1, -0.05) is 26.0 Å². The number of ether oxygens (including phenoxy) is 2. The van der Waals surface area contributed by atoms with Gasteiger partial charge < -0.3 is 19.7 Å². The standard InChI is InChI=1S/C22H35N3O2.HI/c1-5-27-19-8-6-18(7-9-19)22(11-14-26-15-12-22)16-24-20(23-4)25-13-10-21(2,3)17-25;/h6-9H,5,10-17H2,1-4H3,(H,23,24);1H. The average molecular weight is 501 g/mol. The summed E-state index contributed by atoms with van der Waals surface area (Å²) in [5.41, 5.74) is 1.80. The monoisotopic (exact) mass is 501 g/mol. The molecule has 0 unspecified atom stereocenters. The van der Waals surface area contributed by atoms with Crippen molar-refractivity contribution in [2.75, 3.05) is 46.5 Å². The van der Waals surface area contributed by atoms with Crippen LogP contribution in [0, 0.1) is 5.41 Å². The van der Waals surface area contributed by atoms with Crippen LogP contribution in [0.25, 0.3) is 0 Å². The summed E-state index contributed by atoms with van der Waals surface area (Å²) in [5.74, 6) is 1.96. The number of aliphatic imine (C=N–C) groups is 1. The minimum absolute atomic E-state index is 0. The Morgan fingerprint density at radius 3 is 2.39 bits per heavy atom. The van der Waals surface area contributed by atoms with Crippen LogP contribution in [-0.2, 0) is 10.2 Å². The molecule has 1 aromatic carbocycles. The van der Waals surface area contributed by atoms with Crippen LogP contribution < -0.4 is 10.1 Å². The van der Waals surface area contributed by atoms with Crippen molar-refractivity contribution in [3.8, 4) is 5.75 Å². The lowest BCUT2D eigenvalue weighted by Crippen LogP contribution is -2.49. The van der Waals surface area contributed by atoms with E-state index in [1.165, 1.54) is 12.0 Å². The molecule has 0 amide bonds. The Balaban J connectivity index is 0.00000280. The van der Waals surface area contributed by atoms with E-state index in [4.69, 9.17) is 9.47 Å². The molecule has 0 saturated carbocycles. The van der Waals surface area contributed by atoms with Gasteiger partial charge in [-0.25, -0.2) is 0 Å². The van der Waals surface area contributed by atoms with Crippen molar-refractivity contribution in [2.24, 2.45) is 10.4 Å². The van der Waals surface area contributed by atoms with Crippen LogP contribution in [0.1, 0.15) is 45.6 Å². The van der Waals surface area contributed by atoms with E-state index in [0.717, 1.165) is 57.4 Å². The van der Waals surface area contributed by atoms with Crippen molar-refractivity contribution in [3.63, 3.8) is 0 Å². The number of hydrogen-bond acceptors (Lipinski definition) is 3. The molecular weight excluding hydrogens is 465 g/mol. The Morgan fingerprint density at radius 2 is 1.86 bits per heavy atom. The van der Waals surface area contributed by atoms with Crippen LogP contribution in [0.15, 0.2) is 29.3 Å². The van der Waals surface area contributed by atoms with Gasteiger partial charge in [0.25, 0.3) is 0 Å². The van der Waals surface area contributed by atoms with Crippen LogP contribution in [0.2, 0.25) is 0 Å². The maximum atomic E-state index is 5.68. The molecule has 2 aliphatic heterocycles. The van der Waals surface area contributed by atoms with Crippen molar-refractivity contribution in [3.05, 3.63) is 29.8 Å². The lowest BCUT2D eigenvalue weighted by atomic mass is 9.74. The van der Waals surface area contributed by atoms with Gasteiger partial charge in [0.15, 0.2) is 5.96 Å². The van der Waals surface area contributed by atoms with Crippen LogP contribution in [0.5, 0.6) is 5.75 Å². The fraction of sp³-hybridized carbons (Fsp3) is 0.682. The number of nitrogens with one attached hydrogen (secondary N) is 1. The van der Waals surface area contributed by atoms with Gasteiger partial charge >= 0.3 is 0 Å². The highest BCUT2D eigenvalue weighted by atomic mass is 127. The van der Waals surface area contributed by atoms with E-state index in [-0.39, 0.29) is 29.4 Å². The number of nitrogens with zero attached hydrogens (tertiary/aromatic N) is 2. The van der Waals surface area contributed by atoms with E-state index in [1.54, 1.807) is 0 Å². The lowest BCUT2D eigenvalue weighted by molar-refractivity contribution is 0.0512. The number of benzene rings is 1. The molecule has 2 saturated heterocycles. The van der Waals surface area contributed by atoms with Crippen molar-refractivity contribution in [1.29, 1.82) is 0 Å². The Bertz CT molecular complexity index is 640. The van der Waals surface area contributed by atoms with E-state index < -0.39 is 0 Å². The molecule has 1 aromatic rings. The summed E-state index contributed by atoms with van der Waals surface area (Å²) in [6.07, 6.45) is 3.26. The first-order valence-corrected chi connectivity index (χ1v) is 10.2. The molecule has 2 aliphatic rings. The zero-order valence-corrected chi connectivity index (χ0v) is 20.1. The molecule has 2 heterocycles. The topological polar surface area (TPSA) is 46.1 Å². The third kappa shape index (κ3) is 5.53. The number of hydrogen-bond donors (Lipinski definition) is 1. The molecule has 0 aromatic heterocycles. The molecule has 5 nitrogen and oxygen atoms in total. The fourth-order valence-corrected chi connectivity index (χ4v) is 4.27. The van der Waals surface area contributed by atoms with E-state index >= 15 is 0 Å². The van der Waals surface area contributed by atoms with E-state index in [1.807, 2.05) is 14.0 Å². The molecular formula is C22H36IN3O2. The SMILES string of the molecule is CCOc1ccc(C2(CNC(=NC)N3CCC(C)(C)C3)CCOCC2)cc1.I. The van der Waals surface area contributed by atoms with Crippen molar-refractivity contribution < 1.29 is 9.47 Å². The van der Waals surface area contributed by atoms with Crippen LogP contribution >= 0.6 is 24.0 Å². The highest BCUT2D eigenvalue weighted by Gasteiger charge is 2.36. The van der Waals surface area contributed by atoms with Gasteiger partial charge in [0.05, 0.1) is 6.61 Å². The molecule has 0 bridgehead atoms. The quantitative estimate of drug-likeness (QED) is 0.376.